The summed E-state index contributed by atoms with van der Waals surface area (Å²) >= 11 is 0. The molecule has 0 aliphatic carbocycles. The molecular weight excluding hydrogens is 316 g/mol. The van der Waals surface area contributed by atoms with Gasteiger partial charge in [0.2, 0.25) is 0 Å². The number of carbonyl (C=O) groups excluding carboxylic acids is 1. The topological polar surface area (TPSA) is 45.9 Å². The lowest BCUT2D eigenvalue weighted by atomic mass is 10.1. The Hall–Kier alpha value is -2.11. The van der Waals surface area contributed by atoms with Crippen molar-refractivity contribution in [2.75, 3.05) is 26.2 Å². The van der Waals surface area contributed by atoms with Crippen molar-refractivity contribution < 1.29 is 13.9 Å². The summed E-state index contributed by atoms with van der Waals surface area (Å²) in [7, 11) is 0. The van der Waals surface area contributed by atoms with Crippen LogP contribution in [0.2, 0.25) is 0 Å². The van der Waals surface area contributed by atoms with Gasteiger partial charge in [0.1, 0.15) is 5.76 Å². The molecule has 0 saturated carbocycles. The third-order valence-electron chi connectivity index (χ3n) is 5.15. The van der Waals surface area contributed by atoms with Gasteiger partial charge in [-0.15, -0.1) is 0 Å². The van der Waals surface area contributed by atoms with Crippen molar-refractivity contribution in [3.05, 3.63) is 59.5 Å². The lowest BCUT2D eigenvalue weighted by molar-refractivity contribution is -0.0503. The molecule has 0 N–H and O–H groups in total. The van der Waals surface area contributed by atoms with Gasteiger partial charge in [0.05, 0.1) is 18.8 Å². The maximum atomic E-state index is 12.7. The number of morpholine rings is 1. The number of fused-ring (bicyclic) bond motifs is 1. The zero-order valence-corrected chi connectivity index (χ0v) is 14.6. The van der Waals surface area contributed by atoms with Crippen LogP contribution in [-0.2, 0) is 17.7 Å². The maximum Gasteiger partial charge on any atom is 0.289 e. The van der Waals surface area contributed by atoms with Crippen LogP contribution in [0.3, 0.4) is 0 Å². The third-order valence-corrected chi connectivity index (χ3v) is 5.15. The highest BCUT2D eigenvalue weighted by Crippen LogP contribution is 2.26. The van der Waals surface area contributed by atoms with Crippen LogP contribution < -0.4 is 0 Å². The van der Waals surface area contributed by atoms with Gasteiger partial charge in [0.25, 0.3) is 5.91 Å². The second-order valence-corrected chi connectivity index (χ2v) is 6.76. The normalized spacial score (nSPS) is 23.6. The summed E-state index contributed by atoms with van der Waals surface area (Å²) in [4.78, 5) is 17.1. The fourth-order valence-corrected chi connectivity index (χ4v) is 3.78. The molecule has 1 amide bonds. The first-order valence-electron chi connectivity index (χ1n) is 9.02. The van der Waals surface area contributed by atoms with E-state index in [0.29, 0.717) is 18.8 Å². The minimum Gasteiger partial charge on any atom is -0.456 e. The highest BCUT2D eigenvalue weighted by molar-refractivity contribution is 5.91. The van der Waals surface area contributed by atoms with Crippen LogP contribution in [-0.4, -0.2) is 54.1 Å². The summed E-state index contributed by atoms with van der Waals surface area (Å²) in [6.07, 6.45) is 0.883. The molecule has 25 heavy (non-hydrogen) atoms. The van der Waals surface area contributed by atoms with E-state index in [4.69, 9.17) is 9.15 Å². The first-order valence-corrected chi connectivity index (χ1v) is 9.02. The zero-order chi connectivity index (χ0) is 17.2. The number of furan rings is 1. The smallest absolute Gasteiger partial charge is 0.289 e. The van der Waals surface area contributed by atoms with Gasteiger partial charge in [-0.1, -0.05) is 37.3 Å². The van der Waals surface area contributed by atoms with Gasteiger partial charge in [-0.05, 0) is 17.7 Å². The number of carbonyl (C=O) groups is 1. The molecule has 0 radical (unpaired) electrons. The molecule has 0 spiro atoms. The van der Waals surface area contributed by atoms with Crippen molar-refractivity contribution >= 4 is 5.91 Å². The Morgan fingerprint density at radius 1 is 1.16 bits per heavy atom. The van der Waals surface area contributed by atoms with E-state index in [2.05, 4.69) is 29.2 Å². The molecule has 2 aliphatic rings. The number of rotatable bonds is 4. The molecule has 4 rings (SSSR count). The number of hydrogen-bond donors (Lipinski definition) is 0. The molecule has 2 atom stereocenters. The zero-order valence-electron chi connectivity index (χ0n) is 14.6. The van der Waals surface area contributed by atoms with Crippen molar-refractivity contribution in [3.8, 4) is 0 Å². The van der Waals surface area contributed by atoms with E-state index in [1.807, 2.05) is 24.0 Å². The van der Waals surface area contributed by atoms with E-state index >= 15 is 0 Å². The second-order valence-electron chi connectivity index (χ2n) is 6.76. The summed E-state index contributed by atoms with van der Waals surface area (Å²) < 4.78 is 11.6. The molecule has 0 bridgehead atoms. The molecule has 3 heterocycles. The fourth-order valence-electron chi connectivity index (χ4n) is 3.78. The van der Waals surface area contributed by atoms with Crippen LogP contribution in [0.5, 0.6) is 0 Å². The molecule has 2 aliphatic heterocycles. The van der Waals surface area contributed by atoms with E-state index in [0.717, 1.165) is 31.9 Å². The number of aryl methyl sites for hydroxylation is 1. The quantitative estimate of drug-likeness (QED) is 0.858. The Morgan fingerprint density at radius 3 is 2.76 bits per heavy atom. The van der Waals surface area contributed by atoms with Crippen molar-refractivity contribution in [2.24, 2.45) is 0 Å². The summed E-state index contributed by atoms with van der Waals surface area (Å²) in [6.45, 7) is 5.87. The van der Waals surface area contributed by atoms with Gasteiger partial charge >= 0.3 is 0 Å². The highest BCUT2D eigenvalue weighted by atomic mass is 16.5. The molecular formula is C20H24N2O3. The van der Waals surface area contributed by atoms with Gasteiger partial charge in [-0.3, -0.25) is 9.69 Å². The standard InChI is InChI=1S/C20H24N2O3/c1-2-16-8-9-18(25-16)20(23)22-13-17-19(14-22)24-11-10-21(17)12-15-6-4-3-5-7-15/h3-9,17,19H,2,10-14H2,1H3/t17-,19+/m0/s1. The van der Waals surface area contributed by atoms with Crippen LogP contribution >= 0.6 is 0 Å². The van der Waals surface area contributed by atoms with Crippen LogP contribution in [0.25, 0.3) is 0 Å². The number of ether oxygens (including phenoxy) is 1. The Kier molecular flexibility index (Phi) is 4.59. The Balaban J connectivity index is 1.46. The first-order chi connectivity index (χ1) is 12.2. The fraction of sp³-hybridized carbons (Fsp3) is 0.450. The van der Waals surface area contributed by atoms with Gasteiger partial charge in [-0.2, -0.15) is 0 Å². The Bertz CT molecular complexity index is 728. The SMILES string of the molecule is CCc1ccc(C(=O)N2C[C@H]3OCCN(Cc4ccccc4)[C@H]3C2)o1. The van der Waals surface area contributed by atoms with Gasteiger partial charge in [0.15, 0.2) is 5.76 Å². The number of amides is 1. The molecule has 132 valence electrons. The molecule has 2 fully saturated rings. The monoisotopic (exact) mass is 340 g/mol. The predicted molar refractivity (Wildman–Crippen MR) is 94.4 cm³/mol. The Morgan fingerprint density at radius 2 is 2.00 bits per heavy atom. The highest BCUT2D eigenvalue weighted by Gasteiger charge is 2.42. The van der Waals surface area contributed by atoms with E-state index in [-0.39, 0.29) is 18.1 Å². The van der Waals surface area contributed by atoms with Crippen molar-refractivity contribution in [1.29, 1.82) is 0 Å². The third kappa shape index (κ3) is 3.34. The maximum absolute atomic E-state index is 12.7. The number of likely N-dealkylation sites (tertiary alicyclic amines) is 1. The van der Waals surface area contributed by atoms with Crippen LogP contribution in [0.15, 0.2) is 46.9 Å². The molecule has 0 unspecified atom stereocenters. The van der Waals surface area contributed by atoms with E-state index in [9.17, 15) is 4.79 Å². The molecule has 5 heteroatoms. The van der Waals surface area contributed by atoms with Crippen LogP contribution in [0, 0.1) is 0 Å². The number of hydrogen-bond acceptors (Lipinski definition) is 4. The lowest BCUT2D eigenvalue weighted by Crippen LogP contribution is -2.50. The summed E-state index contributed by atoms with van der Waals surface area (Å²) in [5, 5.41) is 0. The van der Waals surface area contributed by atoms with Gasteiger partial charge in [-0.25, -0.2) is 0 Å². The van der Waals surface area contributed by atoms with Crippen molar-refractivity contribution in [3.63, 3.8) is 0 Å². The molecule has 2 aromatic rings. The average Bonchev–Trinajstić information content (AvgIpc) is 3.29. The summed E-state index contributed by atoms with van der Waals surface area (Å²) in [5.74, 6) is 1.25. The minimum atomic E-state index is -0.0302. The van der Waals surface area contributed by atoms with Crippen LogP contribution in [0.1, 0.15) is 28.8 Å². The predicted octanol–water partition coefficient (Wildman–Crippen LogP) is 2.57. The molecule has 1 aromatic heterocycles. The average molecular weight is 340 g/mol. The molecule has 2 saturated heterocycles. The van der Waals surface area contributed by atoms with E-state index < -0.39 is 0 Å². The second kappa shape index (κ2) is 7.02. The van der Waals surface area contributed by atoms with Crippen LogP contribution in [0.4, 0.5) is 0 Å². The first kappa shape index (κ1) is 16.4. The number of benzene rings is 1. The lowest BCUT2D eigenvalue weighted by Gasteiger charge is -2.36. The van der Waals surface area contributed by atoms with Crippen molar-refractivity contribution in [2.45, 2.75) is 32.0 Å². The Labute approximate surface area is 148 Å². The number of nitrogens with zero attached hydrogens (tertiary/aromatic N) is 2. The minimum absolute atomic E-state index is 0.0302. The van der Waals surface area contributed by atoms with Crippen molar-refractivity contribution in [1.82, 2.24) is 9.80 Å². The largest absolute Gasteiger partial charge is 0.456 e. The molecule has 5 nitrogen and oxygen atoms in total. The van der Waals surface area contributed by atoms with Gasteiger partial charge in [0, 0.05) is 32.6 Å². The summed E-state index contributed by atoms with van der Waals surface area (Å²) in [5.41, 5.74) is 1.30. The summed E-state index contributed by atoms with van der Waals surface area (Å²) in [6, 6.07) is 14.4. The molecule has 1 aromatic carbocycles. The van der Waals surface area contributed by atoms with Gasteiger partial charge < -0.3 is 14.1 Å². The van der Waals surface area contributed by atoms with E-state index in [1.165, 1.54) is 5.56 Å². The van der Waals surface area contributed by atoms with E-state index in [1.54, 1.807) is 6.07 Å².